The van der Waals surface area contributed by atoms with Gasteiger partial charge in [-0.25, -0.2) is 0 Å². The molecule has 1 amide bonds. The molecule has 0 bridgehead atoms. The highest BCUT2D eigenvalue weighted by atomic mass is 16.6. The highest BCUT2D eigenvalue weighted by molar-refractivity contribution is 6.08. The number of nitrogens with zero attached hydrogens (tertiary/aromatic N) is 2. The van der Waals surface area contributed by atoms with Gasteiger partial charge in [-0.2, -0.15) is 0 Å². The van der Waals surface area contributed by atoms with Gasteiger partial charge in [-0.1, -0.05) is 0 Å². The van der Waals surface area contributed by atoms with E-state index in [-0.39, 0.29) is 36.1 Å². The quantitative estimate of drug-likeness (QED) is 0.486. The van der Waals surface area contributed by atoms with Crippen molar-refractivity contribution in [1.82, 2.24) is 0 Å². The number of non-ortho nitro benzene ring substituents is 1. The average Bonchev–Trinajstić information content (AvgIpc) is 3.07. The van der Waals surface area contributed by atoms with E-state index in [1.165, 1.54) is 35.4 Å². The maximum atomic E-state index is 12.0. The van der Waals surface area contributed by atoms with Crippen LogP contribution in [0.4, 0.5) is 11.4 Å². The normalized spacial score (nSPS) is 13.3. The molecular weight excluding hydrogens is 276 g/mol. The lowest BCUT2D eigenvalue weighted by molar-refractivity contribution is -0.384. The minimum Gasteiger partial charge on any atom is -0.461 e. The van der Waals surface area contributed by atoms with Crippen molar-refractivity contribution in [1.29, 1.82) is 0 Å². The van der Waals surface area contributed by atoms with E-state index in [1.807, 2.05) is 0 Å². The number of rotatable bonds is 4. The Bertz CT molecular complexity index is 736. The first-order chi connectivity index (χ1) is 10.1. The number of nitro groups is 1. The third-order valence-corrected chi connectivity index (χ3v) is 3.31. The molecule has 106 valence electrons. The van der Waals surface area contributed by atoms with Crippen LogP contribution in [0.15, 0.2) is 41.0 Å². The lowest BCUT2D eigenvalue weighted by Gasteiger charge is -2.15. The number of carbonyl (C=O) groups excluding carboxylic acids is 2. The van der Waals surface area contributed by atoms with Gasteiger partial charge in [-0.15, -0.1) is 0 Å². The van der Waals surface area contributed by atoms with Crippen molar-refractivity contribution in [2.24, 2.45) is 0 Å². The molecule has 0 N–H and O–H groups in total. The molecule has 1 aliphatic rings. The number of carbonyl (C=O) groups is 2. The fourth-order valence-corrected chi connectivity index (χ4v) is 2.32. The Labute approximate surface area is 118 Å². The van der Waals surface area contributed by atoms with Crippen LogP contribution in [-0.4, -0.2) is 23.2 Å². The van der Waals surface area contributed by atoms with Crippen LogP contribution in [0.5, 0.6) is 0 Å². The molecule has 3 rings (SSSR count). The summed E-state index contributed by atoms with van der Waals surface area (Å²) in [6.07, 6.45) is 1.44. The molecule has 2 heterocycles. The van der Waals surface area contributed by atoms with Gasteiger partial charge >= 0.3 is 0 Å². The van der Waals surface area contributed by atoms with Crippen LogP contribution in [0.2, 0.25) is 0 Å². The lowest BCUT2D eigenvalue weighted by Crippen LogP contribution is -2.32. The molecule has 7 nitrogen and oxygen atoms in total. The van der Waals surface area contributed by atoms with Crippen molar-refractivity contribution >= 4 is 23.1 Å². The van der Waals surface area contributed by atoms with E-state index in [1.54, 1.807) is 6.07 Å². The summed E-state index contributed by atoms with van der Waals surface area (Å²) >= 11 is 0. The second-order valence-electron chi connectivity index (χ2n) is 4.63. The third-order valence-electron chi connectivity index (χ3n) is 3.31. The predicted molar refractivity (Wildman–Crippen MR) is 72.2 cm³/mol. The van der Waals surface area contributed by atoms with Crippen LogP contribution in [0.3, 0.4) is 0 Å². The molecule has 1 aromatic carbocycles. The molecule has 21 heavy (non-hydrogen) atoms. The van der Waals surface area contributed by atoms with Crippen molar-refractivity contribution in [2.45, 2.75) is 6.42 Å². The van der Waals surface area contributed by atoms with Crippen molar-refractivity contribution in [3.8, 4) is 0 Å². The Morgan fingerprint density at radius 1 is 1.38 bits per heavy atom. The van der Waals surface area contributed by atoms with Crippen LogP contribution >= 0.6 is 0 Å². The summed E-state index contributed by atoms with van der Waals surface area (Å²) in [5, 5.41) is 10.7. The van der Waals surface area contributed by atoms with Gasteiger partial charge in [0.25, 0.3) is 5.69 Å². The molecule has 0 fully saturated rings. The molecule has 2 aromatic rings. The molecule has 1 aromatic heterocycles. The van der Waals surface area contributed by atoms with Gasteiger partial charge in [0.1, 0.15) is 0 Å². The van der Waals surface area contributed by atoms with Crippen LogP contribution in [0.1, 0.15) is 16.1 Å². The number of ketones is 1. The first-order valence-corrected chi connectivity index (χ1v) is 6.20. The fourth-order valence-electron chi connectivity index (χ4n) is 2.32. The predicted octanol–water partition coefficient (Wildman–Crippen LogP) is 1.96. The van der Waals surface area contributed by atoms with Crippen molar-refractivity contribution < 1.29 is 18.9 Å². The average molecular weight is 286 g/mol. The number of furan rings is 1. The zero-order valence-electron chi connectivity index (χ0n) is 10.8. The van der Waals surface area contributed by atoms with E-state index in [0.29, 0.717) is 11.3 Å². The number of fused-ring (bicyclic) bond motifs is 1. The summed E-state index contributed by atoms with van der Waals surface area (Å²) in [6.45, 7) is -0.142. The minimum absolute atomic E-state index is 0.0580. The van der Waals surface area contributed by atoms with Gasteiger partial charge in [0.05, 0.1) is 24.2 Å². The molecule has 0 unspecified atom stereocenters. The number of anilines is 1. The van der Waals surface area contributed by atoms with Crippen LogP contribution < -0.4 is 4.90 Å². The maximum Gasteiger partial charge on any atom is 0.269 e. The molecule has 0 spiro atoms. The van der Waals surface area contributed by atoms with E-state index in [4.69, 9.17) is 4.42 Å². The fraction of sp³-hybridized carbons (Fsp3) is 0.143. The van der Waals surface area contributed by atoms with E-state index >= 15 is 0 Å². The largest absolute Gasteiger partial charge is 0.461 e. The SMILES string of the molecule is O=C(CN1C(=O)Cc2cc([N+](=O)[O-])ccc21)c1ccco1. The Morgan fingerprint density at radius 2 is 2.19 bits per heavy atom. The summed E-state index contributed by atoms with van der Waals surface area (Å²) in [5.74, 6) is -0.400. The summed E-state index contributed by atoms with van der Waals surface area (Å²) < 4.78 is 5.00. The van der Waals surface area contributed by atoms with Gasteiger partial charge in [0, 0.05) is 17.8 Å². The smallest absolute Gasteiger partial charge is 0.269 e. The lowest BCUT2D eigenvalue weighted by atomic mass is 10.1. The summed E-state index contributed by atoms with van der Waals surface area (Å²) in [4.78, 5) is 35.5. The van der Waals surface area contributed by atoms with Crippen LogP contribution in [0, 0.1) is 10.1 Å². The van der Waals surface area contributed by atoms with Crippen LogP contribution in [-0.2, 0) is 11.2 Å². The highest BCUT2D eigenvalue weighted by Gasteiger charge is 2.30. The molecule has 0 radical (unpaired) electrons. The van der Waals surface area contributed by atoms with Crippen molar-refractivity contribution in [3.05, 3.63) is 58.0 Å². The van der Waals surface area contributed by atoms with Gasteiger partial charge in [-0.05, 0) is 23.8 Å². The highest BCUT2D eigenvalue weighted by Crippen LogP contribution is 2.32. The topological polar surface area (TPSA) is 93.7 Å². The second-order valence-corrected chi connectivity index (χ2v) is 4.63. The standard InChI is InChI=1S/C14H10N2O5/c17-12(13-2-1-5-21-13)8-15-11-4-3-10(16(19)20)6-9(11)7-14(15)18/h1-6H,7-8H2. The molecule has 7 heteroatoms. The Kier molecular flexibility index (Phi) is 3.02. The first kappa shape index (κ1) is 13.0. The van der Waals surface area contributed by atoms with Crippen molar-refractivity contribution in [3.63, 3.8) is 0 Å². The zero-order valence-corrected chi connectivity index (χ0v) is 10.8. The van der Waals surface area contributed by atoms with E-state index in [9.17, 15) is 19.7 Å². The molecular formula is C14H10N2O5. The van der Waals surface area contributed by atoms with E-state index in [0.717, 1.165) is 0 Å². The minimum atomic E-state index is -0.512. The number of hydrogen-bond donors (Lipinski definition) is 0. The molecule has 0 aliphatic carbocycles. The first-order valence-electron chi connectivity index (χ1n) is 6.20. The van der Waals surface area contributed by atoms with Crippen molar-refractivity contribution in [2.75, 3.05) is 11.4 Å². The number of benzene rings is 1. The van der Waals surface area contributed by atoms with Gasteiger partial charge < -0.3 is 9.32 Å². The monoisotopic (exact) mass is 286 g/mol. The van der Waals surface area contributed by atoms with Gasteiger partial charge in [-0.3, -0.25) is 19.7 Å². The maximum absolute atomic E-state index is 12.0. The molecule has 0 atom stereocenters. The number of Topliss-reactive ketones (excluding diaryl/α,β-unsaturated/α-hetero) is 1. The second kappa shape index (κ2) is 4.86. The molecule has 0 saturated heterocycles. The Morgan fingerprint density at radius 3 is 2.86 bits per heavy atom. The van der Waals surface area contributed by atoms with Gasteiger partial charge in [0.2, 0.25) is 11.7 Å². The summed E-state index contributed by atoms with van der Waals surface area (Å²) in [5.41, 5.74) is 1.02. The molecule has 1 aliphatic heterocycles. The zero-order chi connectivity index (χ0) is 15.0. The van der Waals surface area contributed by atoms with Crippen LogP contribution in [0.25, 0.3) is 0 Å². The number of nitro benzene ring substituents is 1. The van der Waals surface area contributed by atoms with E-state index in [2.05, 4.69) is 0 Å². The van der Waals surface area contributed by atoms with E-state index < -0.39 is 4.92 Å². The number of amides is 1. The Balaban J connectivity index is 1.87. The number of hydrogen-bond acceptors (Lipinski definition) is 5. The molecule has 0 saturated carbocycles. The Hall–Kier alpha value is -2.96. The third kappa shape index (κ3) is 2.29. The summed E-state index contributed by atoms with van der Waals surface area (Å²) in [7, 11) is 0. The van der Waals surface area contributed by atoms with Gasteiger partial charge in [0.15, 0.2) is 5.76 Å². The summed E-state index contributed by atoms with van der Waals surface area (Å²) in [6, 6.07) is 7.30.